The topological polar surface area (TPSA) is 72.3 Å². The molecule has 0 aromatic carbocycles. The van der Waals surface area contributed by atoms with E-state index >= 15 is 0 Å². The Labute approximate surface area is 93.7 Å². The fourth-order valence-electron chi connectivity index (χ4n) is 1.70. The second-order valence-electron chi connectivity index (χ2n) is 3.74. The molecular formula is C12H14N2O2. The van der Waals surface area contributed by atoms with Crippen LogP contribution in [0, 0.1) is 6.92 Å². The van der Waals surface area contributed by atoms with Gasteiger partial charge in [-0.05, 0) is 30.7 Å². The van der Waals surface area contributed by atoms with Crippen LogP contribution in [0.25, 0.3) is 0 Å². The summed E-state index contributed by atoms with van der Waals surface area (Å²) in [6.45, 7) is 1.83. The van der Waals surface area contributed by atoms with Crippen molar-refractivity contribution in [2.45, 2.75) is 19.4 Å². The van der Waals surface area contributed by atoms with Gasteiger partial charge in [0.05, 0.1) is 12.4 Å². The summed E-state index contributed by atoms with van der Waals surface area (Å²) in [4.78, 5) is 3.91. The minimum atomic E-state index is -0.569. The molecule has 1 atom stereocenters. The molecule has 0 saturated heterocycles. The van der Waals surface area contributed by atoms with Gasteiger partial charge in [-0.25, -0.2) is 4.98 Å². The van der Waals surface area contributed by atoms with Crippen LogP contribution in [0.1, 0.15) is 23.0 Å². The van der Waals surface area contributed by atoms with E-state index < -0.39 is 6.10 Å². The number of anilines is 1. The summed E-state index contributed by atoms with van der Waals surface area (Å²) in [7, 11) is 0. The Morgan fingerprint density at radius 1 is 1.50 bits per heavy atom. The van der Waals surface area contributed by atoms with E-state index in [0.717, 1.165) is 16.9 Å². The van der Waals surface area contributed by atoms with E-state index in [4.69, 9.17) is 10.2 Å². The van der Waals surface area contributed by atoms with Gasteiger partial charge in [-0.1, -0.05) is 0 Å². The lowest BCUT2D eigenvalue weighted by Crippen LogP contribution is -2.03. The molecule has 0 aliphatic carbocycles. The molecule has 2 aromatic heterocycles. The van der Waals surface area contributed by atoms with Gasteiger partial charge in [0.15, 0.2) is 0 Å². The first kappa shape index (κ1) is 10.7. The Morgan fingerprint density at radius 2 is 2.31 bits per heavy atom. The second-order valence-corrected chi connectivity index (χ2v) is 3.74. The van der Waals surface area contributed by atoms with E-state index in [9.17, 15) is 5.11 Å². The first-order valence-electron chi connectivity index (χ1n) is 5.09. The van der Waals surface area contributed by atoms with Crippen LogP contribution in [-0.2, 0) is 6.42 Å². The van der Waals surface area contributed by atoms with Gasteiger partial charge >= 0.3 is 0 Å². The third kappa shape index (κ3) is 2.23. The van der Waals surface area contributed by atoms with Crippen molar-refractivity contribution in [1.82, 2.24) is 4.98 Å². The monoisotopic (exact) mass is 218 g/mol. The number of hydrogen-bond donors (Lipinski definition) is 2. The Kier molecular flexibility index (Phi) is 2.92. The zero-order valence-corrected chi connectivity index (χ0v) is 9.05. The molecule has 3 N–H and O–H groups in total. The molecule has 2 rings (SSSR count). The highest BCUT2D eigenvalue weighted by molar-refractivity contribution is 5.33. The summed E-state index contributed by atoms with van der Waals surface area (Å²) in [5.41, 5.74) is 7.35. The number of pyridine rings is 1. The summed E-state index contributed by atoms with van der Waals surface area (Å²) in [5, 5.41) is 10.0. The number of hydrogen-bond acceptors (Lipinski definition) is 4. The van der Waals surface area contributed by atoms with Crippen LogP contribution >= 0.6 is 0 Å². The quantitative estimate of drug-likeness (QED) is 0.824. The summed E-state index contributed by atoms with van der Waals surface area (Å²) in [5.74, 6) is 1.21. The molecule has 0 spiro atoms. The normalized spacial score (nSPS) is 12.6. The Hall–Kier alpha value is -1.81. The molecule has 0 saturated carbocycles. The fraction of sp³-hybridized carbons (Fsp3) is 0.250. The molecule has 0 radical (unpaired) electrons. The highest BCUT2D eigenvalue weighted by Crippen LogP contribution is 2.22. The van der Waals surface area contributed by atoms with Crippen molar-refractivity contribution < 1.29 is 9.52 Å². The number of aliphatic hydroxyl groups excluding tert-OH is 1. The number of nitrogens with zero attached hydrogens (tertiary/aromatic N) is 1. The molecule has 2 heterocycles. The first-order valence-corrected chi connectivity index (χ1v) is 5.09. The Balaban J connectivity index is 2.14. The average Bonchev–Trinajstić information content (AvgIpc) is 2.64. The van der Waals surface area contributed by atoms with Gasteiger partial charge < -0.3 is 15.3 Å². The predicted molar refractivity (Wildman–Crippen MR) is 60.8 cm³/mol. The molecule has 4 heteroatoms. The van der Waals surface area contributed by atoms with Crippen molar-refractivity contribution in [3.63, 3.8) is 0 Å². The molecule has 2 aromatic rings. The van der Waals surface area contributed by atoms with Gasteiger partial charge in [0.2, 0.25) is 0 Å². The van der Waals surface area contributed by atoms with Crippen LogP contribution in [0.4, 0.5) is 5.82 Å². The van der Waals surface area contributed by atoms with Gasteiger partial charge in [-0.3, -0.25) is 0 Å². The number of aryl methyl sites for hydroxylation is 1. The molecule has 4 nitrogen and oxygen atoms in total. The minimum absolute atomic E-state index is 0.466. The molecule has 0 aliphatic rings. The maximum Gasteiger partial charge on any atom is 0.123 e. The van der Waals surface area contributed by atoms with Crippen LogP contribution in [0.15, 0.2) is 35.1 Å². The van der Waals surface area contributed by atoms with E-state index in [1.54, 1.807) is 24.6 Å². The van der Waals surface area contributed by atoms with Crippen LogP contribution in [0.5, 0.6) is 0 Å². The van der Waals surface area contributed by atoms with Gasteiger partial charge in [0.25, 0.3) is 0 Å². The predicted octanol–water partition coefficient (Wildman–Crippen LogP) is 1.84. The number of aliphatic hydroxyl groups is 1. The van der Waals surface area contributed by atoms with E-state index in [1.165, 1.54) is 0 Å². The van der Waals surface area contributed by atoms with Crippen LogP contribution in [0.2, 0.25) is 0 Å². The molecular weight excluding hydrogens is 204 g/mol. The molecule has 84 valence electrons. The Morgan fingerprint density at radius 3 is 2.94 bits per heavy atom. The maximum atomic E-state index is 10.0. The molecule has 0 amide bonds. The van der Waals surface area contributed by atoms with Crippen LogP contribution < -0.4 is 5.73 Å². The number of rotatable bonds is 3. The van der Waals surface area contributed by atoms with Gasteiger partial charge in [-0.15, -0.1) is 0 Å². The minimum Gasteiger partial charge on any atom is -0.469 e. The molecule has 0 aliphatic heterocycles. The van der Waals surface area contributed by atoms with Gasteiger partial charge in [-0.2, -0.15) is 0 Å². The van der Waals surface area contributed by atoms with E-state index in [2.05, 4.69) is 4.98 Å². The lowest BCUT2D eigenvalue weighted by Gasteiger charge is -2.09. The maximum absolute atomic E-state index is 10.0. The largest absolute Gasteiger partial charge is 0.469 e. The van der Waals surface area contributed by atoms with Gasteiger partial charge in [0, 0.05) is 18.2 Å². The first-order chi connectivity index (χ1) is 7.66. The van der Waals surface area contributed by atoms with Crippen LogP contribution in [-0.4, -0.2) is 10.1 Å². The number of furan rings is 1. The lowest BCUT2D eigenvalue weighted by atomic mass is 10.0. The van der Waals surface area contributed by atoms with Gasteiger partial charge in [0.1, 0.15) is 11.6 Å². The highest BCUT2D eigenvalue weighted by Gasteiger charge is 2.13. The van der Waals surface area contributed by atoms with Crippen molar-refractivity contribution >= 4 is 5.82 Å². The fourth-order valence-corrected chi connectivity index (χ4v) is 1.70. The molecule has 0 fully saturated rings. The zero-order chi connectivity index (χ0) is 11.5. The third-order valence-electron chi connectivity index (χ3n) is 2.53. The zero-order valence-electron chi connectivity index (χ0n) is 9.05. The highest BCUT2D eigenvalue weighted by atomic mass is 16.3. The second kappa shape index (κ2) is 4.37. The molecule has 0 bridgehead atoms. The van der Waals surface area contributed by atoms with Crippen molar-refractivity contribution in [1.29, 1.82) is 0 Å². The van der Waals surface area contributed by atoms with E-state index in [1.807, 2.05) is 13.0 Å². The van der Waals surface area contributed by atoms with Crippen molar-refractivity contribution in [3.8, 4) is 0 Å². The van der Waals surface area contributed by atoms with E-state index in [0.29, 0.717) is 12.2 Å². The van der Waals surface area contributed by atoms with Crippen molar-refractivity contribution in [3.05, 3.63) is 47.5 Å². The number of nitrogens with two attached hydrogens (primary N) is 1. The molecule has 1 unspecified atom stereocenters. The Bertz CT molecular complexity index is 479. The third-order valence-corrected chi connectivity index (χ3v) is 2.53. The summed E-state index contributed by atoms with van der Waals surface area (Å²) in [6.07, 6.45) is 3.15. The summed E-state index contributed by atoms with van der Waals surface area (Å²) < 4.78 is 5.15. The number of aromatic nitrogens is 1. The molecule has 16 heavy (non-hydrogen) atoms. The van der Waals surface area contributed by atoms with Crippen molar-refractivity contribution in [2.24, 2.45) is 0 Å². The standard InChI is InChI=1S/C12H14N2O2/c1-8-10(3-5-16-8)11(15)6-9-2-4-14-12(13)7-9/h2-5,7,11,15H,6H2,1H3,(H2,13,14). The lowest BCUT2D eigenvalue weighted by molar-refractivity contribution is 0.176. The number of nitrogen functional groups attached to an aromatic ring is 1. The van der Waals surface area contributed by atoms with E-state index in [-0.39, 0.29) is 0 Å². The van der Waals surface area contributed by atoms with Crippen molar-refractivity contribution in [2.75, 3.05) is 5.73 Å². The smallest absolute Gasteiger partial charge is 0.123 e. The SMILES string of the molecule is Cc1occc1C(O)Cc1ccnc(N)c1. The van der Waals surface area contributed by atoms with Crippen LogP contribution in [0.3, 0.4) is 0 Å². The summed E-state index contributed by atoms with van der Waals surface area (Å²) >= 11 is 0. The average molecular weight is 218 g/mol. The summed E-state index contributed by atoms with van der Waals surface area (Å²) in [6, 6.07) is 5.39.